The number of guanidine groups is 1. The molecule has 2 aliphatic heterocycles. The molecule has 2 aromatic rings. The van der Waals surface area contributed by atoms with Crippen LogP contribution in [0.25, 0.3) is 0 Å². The highest BCUT2D eigenvalue weighted by molar-refractivity contribution is 6.00. The van der Waals surface area contributed by atoms with Crippen molar-refractivity contribution in [3.05, 3.63) is 53.4 Å². The molecule has 1 fully saturated rings. The summed E-state index contributed by atoms with van der Waals surface area (Å²) in [5.74, 6) is -6.93. The zero-order valence-electron chi connectivity index (χ0n) is 17.2. The van der Waals surface area contributed by atoms with E-state index in [9.17, 15) is 18.0 Å². The van der Waals surface area contributed by atoms with E-state index in [1.807, 2.05) is 6.92 Å². The molecule has 7 nitrogen and oxygen atoms in total. The lowest BCUT2D eigenvalue weighted by molar-refractivity contribution is -0.145. The molecule has 3 heterocycles. The summed E-state index contributed by atoms with van der Waals surface area (Å²) in [6, 6.07) is 2.17. The molecule has 1 aromatic heterocycles. The van der Waals surface area contributed by atoms with Crippen molar-refractivity contribution in [1.82, 2.24) is 9.88 Å². The van der Waals surface area contributed by atoms with E-state index < -0.39 is 46.4 Å². The van der Waals surface area contributed by atoms with Gasteiger partial charge in [-0.15, -0.1) is 0 Å². The van der Waals surface area contributed by atoms with Crippen LogP contribution in [0.15, 0.2) is 29.4 Å². The Balaban J connectivity index is 1.85. The summed E-state index contributed by atoms with van der Waals surface area (Å²) in [7, 11) is 1.46. The van der Waals surface area contributed by atoms with Crippen molar-refractivity contribution in [3.8, 4) is 11.5 Å². The van der Waals surface area contributed by atoms with Crippen LogP contribution in [0.5, 0.6) is 11.5 Å². The second kappa shape index (κ2) is 8.05. The fraction of sp³-hybridized carbons (Fsp3) is 0.381. The van der Waals surface area contributed by atoms with E-state index in [4.69, 9.17) is 15.2 Å². The van der Waals surface area contributed by atoms with Crippen LogP contribution < -0.4 is 10.5 Å². The second-order valence-corrected chi connectivity index (χ2v) is 7.73. The Morgan fingerprint density at radius 1 is 1.22 bits per heavy atom. The van der Waals surface area contributed by atoms with E-state index >= 15 is 4.39 Å². The predicted octanol–water partition coefficient (Wildman–Crippen LogP) is 3.23. The number of hydrogen-bond donors (Lipinski definition) is 1. The van der Waals surface area contributed by atoms with Crippen molar-refractivity contribution in [3.63, 3.8) is 0 Å². The molecular weight excluding hydrogens is 432 g/mol. The van der Waals surface area contributed by atoms with Gasteiger partial charge in [-0.2, -0.15) is 4.39 Å². The predicted molar refractivity (Wildman–Crippen MR) is 105 cm³/mol. The topological polar surface area (TPSA) is 90.0 Å². The lowest BCUT2D eigenvalue weighted by Gasteiger charge is -2.47. The lowest BCUT2D eigenvalue weighted by Crippen LogP contribution is -2.59. The SMILES string of the molecule is CC[C@H]1C[C@H]2C(=O)N(C)C(N)=N[C@@]2(c2cc(Oc3cc(F)cnc3F)c(F)cc2F)CO1. The van der Waals surface area contributed by atoms with Crippen LogP contribution in [0.4, 0.5) is 17.6 Å². The van der Waals surface area contributed by atoms with Crippen molar-refractivity contribution in [2.75, 3.05) is 13.7 Å². The first-order valence-corrected chi connectivity index (χ1v) is 9.89. The van der Waals surface area contributed by atoms with Crippen LogP contribution in [0.2, 0.25) is 0 Å². The van der Waals surface area contributed by atoms with Crippen molar-refractivity contribution in [1.29, 1.82) is 0 Å². The number of aromatic nitrogens is 1. The maximum atomic E-state index is 15.1. The number of halogens is 4. The van der Waals surface area contributed by atoms with Gasteiger partial charge < -0.3 is 15.2 Å². The minimum absolute atomic E-state index is 0.156. The molecule has 170 valence electrons. The van der Waals surface area contributed by atoms with Crippen molar-refractivity contribution in [2.24, 2.45) is 16.6 Å². The Morgan fingerprint density at radius 2 is 1.97 bits per heavy atom. The van der Waals surface area contributed by atoms with E-state index in [2.05, 4.69) is 9.98 Å². The van der Waals surface area contributed by atoms with Crippen molar-refractivity contribution < 1.29 is 31.8 Å². The first-order chi connectivity index (χ1) is 15.2. The van der Waals surface area contributed by atoms with Gasteiger partial charge in [-0.3, -0.25) is 9.69 Å². The zero-order valence-corrected chi connectivity index (χ0v) is 17.2. The van der Waals surface area contributed by atoms with Crippen molar-refractivity contribution >= 4 is 11.9 Å². The Labute approximate surface area is 180 Å². The van der Waals surface area contributed by atoms with Gasteiger partial charge in [-0.1, -0.05) is 6.92 Å². The molecule has 0 saturated carbocycles. The van der Waals surface area contributed by atoms with Crippen LogP contribution in [-0.2, 0) is 15.1 Å². The third-order valence-corrected chi connectivity index (χ3v) is 5.84. The fourth-order valence-electron chi connectivity index (χ4n) is 4.06. The molecule has 4 rings (SSSR count). The highest BCUT2D eigenvalue weighted by atomic mass is 19.1. The number of nitrogens with two attached hydrogens (primary N) is 1. The summed E-state index contributed by atoms with van der Waals surface area (Å²) >= 11 is 0. The Kier molecular flexibility index (Phi) is 5.53. The number of nitrogens with zero attached hydrogens (tertiary/aromatic N) is 3. The largest absolute Gasteiger partial charge is 0.449 e. The number of rotatable bonds is 4. The molecule has 11 heteroatoms. The number of carbonyl (C=O) groups excluding carboxylic acids is 1. The number of fused-ring (bicyclic) bond motifs is 1. The number of ether oxygens (including phenoxy) is 2. The van der Waals surface area contributed by atoms with Crippen LogP contribution >= 0.6 is 0 Å². The van der Waals surface area contributed by atoms with Gasteiger partial charge in [0, 0.05) is 24.7 Å². The molecule has 0 radical (unpaired) electrons. The average molecular weight is 452 g/mol. The summed E-state index contributed by atoms with van der Waals surface area (Å²) in [6.45, 7) is 1.70. The maximum absolute atomic E-state index is 15.1. The molecule has 3 atom stereocenters. The Morgan fingerprint density at radius 3 is 2.69 bits per heavy atom. The number of benzene rings is 1. The number of amides is 1. The van der Waals surface area contributed by atoms with Gasteiger partial charge in [0.05, 0.1) is 24.8 Å². The molecule has 0 bridgehead atoms. The standard InChI is InChI=1S/C21H20F4N4O3/c1-3-11-5-13-19(30)29(2)20(26)28-21(13,9-31-11)12-6-16(15(24)7-14(12)23)32-17-4-10(22)8-27-18(17)25/h4,6-8,11,13H,3,5,9H2,1-2H3,(H2,26,28)/t11-,13-,21+/m0/s1. The molecule has 2 aliphatic rings. The van der Waals surface area contributed by atoms with Gasteiger partial charge in [0.15, 0.2) is 23.3 Å². The molecule has 0 aliphatic carbocycles. The zero-order chi connectivity index (χ0) is 23.2. The van der Waals surface area contributed by atoms with E-state index in [1.54, 1.807) is 0 Å². The molecule has 2 N–H and O–H groups in total. The quantitative estimate of drug-likeness (QED) is 0.568. The molecule has 0 spiro atoms. The average Bonchev–Trinajstić information content (AvgIpc) is 2.76. The smallest absolute Gasteiger partial charge is 0.256 e. The normalized spacial score (nSPS) is 25.4. The van der Waals surface area contributed by atoms with Gasteiger partial charge in [0.25, 0.3) is 5.95 Å². The summed E-state index contributed by atoms with van der Waals surface area (Å²) in [5, 5.41) is 0. The van der Waals surface area contributed by atoms with E-state index in [1.165, 1.54) is 11.9 Å². The Bertz CT molecular complexity index is 1110. The molecule has 1 saturated heterocycles. The molecule has 0 unspecified atom stereocenters. The molecular formula is C21H20F4N4O3. The maximum Gasteiger partial charge on any atom is 0.256 e. The van der Waals surface area contributed by atoms with Gasteiger partial charge in [0.2, 0.25) is 5.91 Å². The van der Waals surface area contributed by atoms with Gasteiger partial charge in [0.1, 0.15) is 17.2 Å². The fourth-order valence-corrected chi connectivity index (χ4v) is 4.06. The van der Waals surface area contributed by atoms with Crippen LogP contribution in [0, 0.1) is 29.3 Å². The minimum atomic E-state index is -1.58. The van der Waals surface area contributed by atoms with E-state index in [-0.39, 0.29) is 36.6 Å². The Hall–Kier alpha value is -3.21. The van der Waals surface area contributed by atoms with Crippen LogP contribution in [0.1, 0.15) is 25.3 Å². The summed E-state index contributed by atoms with van der Waals surface area (Å²) in [5.41, 5.74) is 4.13. The third kappa shape index (κ3) is 3.56. The van der Waals surface area contributed by atoms with Gasteiger partial charge in [-0.25, -0.2) is 23.1 Å². The summed E-state index contributed by atoms with van der Waals surface area (Å²) < 4.78 is 67.9. The van der Waals surface area contributed by atoms with Gasteiger partial charge >= 0.3 is 0 Å². The molecule has 1 aromatic carbocycles. The second-order valence-electron chi connectivity index (χ2n) is 7.73. The lowest BCUT2D eigenvalue weighted by atomic mass is 9.72. The van der Waals surface area contributed by atoms with Crippen LogP contribution in [0.3, 0.4) is 0 Å². The molecule has 1 amide bonds. The summed E-state index contributed by atoms with van der Waals surface area (Å²) in [4.78, 5) is 21.8. The van der Waals surface area contributed by atoms with Crippen LogP contribution in [-0.4, -0.2) is 41.5 Å². The van der Waals surface area contributed by atoms with E-state index in [0.717, 1.165) is 6.07 Å². The number of carbonyl (C=O) groups is 1. The highest BCUT2D eigenvalue weighted by Crippen LogP contribution is 2.47. The number of hydrogen-bond acceptors (Lipinski definition) is 6. The monoisotopic (exact) mass is 452 g/mol. The minimum Gasteiger partial charge on any atom is -0.449 e. The third-order valence-electron chi connectivity index (χ3n) is 5.84. The highest BCUT2D eigenvalue weighted by Gasteiger charge is 2.54. The van der Waals surface area contributed by atoms with E-state index in [0.29, 0.717) is 24.8 Å². The van der Waals surface area contributed by atoms with Gasteiger partial charge in [-0.05, 0) is 18.9 Å². The number of pyridine rings is 1. The number of aliphatic imine (C=N–C) groups is 1. The van der Waals surface area contributed by atoms with Crippen molar-refractivity contribution in [2.45, 2.75) is 31.4 Å². The first-order valence-electron chi connectivity index (χ1n) is 9.89. The summed E-state index contributed by atoms with van der Waals surface area (Å²) in [6.07, 6.45) is 1.23. The molecule has 32 heavy (non-hydrogen) atoms. The first kappa shape index (κ1) is 22.0.